The van der Waals surface area contributed by atoms with E-state index in [1.165, 1.54) is 13.2 Å². The van der Waals surface area contributed by atoms with Crippen molar-refractivity contribution in [3.63, 3.8) is 0 Å². The second kappa shape index (κ2) is 4.41. The number of methoxy groups -OCH3 is 1. The molecule has 2 rings (SSSR count). The summed E-state index contributed by atoms with van der Waals surface area (Å²) in [5.41, 5.74) is -0.776. The van der Waals surface area contributed by atoms with Crippen molar-refractivity contribution in [2.45, 2.75) is 6.43 Å². The molecule has 1 aromatic carbocycles. The predicted octanol–water partition coefficient (Wildman–Crippen LogP) is 3.97. The summed E-state index contributed by atoms with van der Waals surface area (Å²) in [6.07, 6.45) is -2.80. The first-order valence-corrected chi connectivity index (χ1v) is 5.03. The number of benzene rings is 1. The minimum atomic E-state index is -2.80. The molecule has 0 amide bonds. The molecule has 0 saturated heterocycles. The number of fused-ring (bicyclic) bond motifs is 1. The van der Waals surface area contributed by atoms with Gasteiger partial charge in [-0.05, 0) is 18.2 Å². The zero-order valence-corrected chi connectivity index (χ0v) is 9.43. The summed E-state index contributed by atoms with van der Waals surface area (Å²) < 4.78 is 43.5. The summed E-state index contributed by atoms with van der Waals surface area (Å²) in [5, 5.41) is 0.181. The molecular weight excluding hydrogens is 255 g/mol. The molecule has 1 heterocycles. The molecule has 0 unspecified atom stereocenters. The Balaban J connectivity index is 2.84. The average Bonchev–Trinajstić information content (AvgIpc) is 2.30. The molecule has 0 bridgehead atoms. The largest absolute Gasteiger partial charge is 0.496 e. The van der Waals surface area contributed by atoms with Gasteiger partial charge in [0.25, 0.3) is 6.43 Å². The van der Waals surface area contributed by atoms with E-state index in [1.807, 2.05) is 0 Å². The molecule has 0 N–H and O–H groups in total. The first-order valence-electron chi connectivity index (χ1n) is 4.65. The highest BCUT2D eigenvalue weighted by molar-refractivity contribution is 6.36. The number of alkyl halides is 2. The van der Waals surface area contributed by atoms with Gasteiger partial charge in [-0.3, -0.25) is 0 Å². The van der Waals surface area contributed by atoms with E-state index in [1.54, 1.807) is 0 Å². The van der Waals surface area contributed by atoms with E-state index in [0.29, 0.717) is 5.75 Å². The minimum Gasteiger partial charge on any atom is -0.496 e. The molecule has 0 radical (unpaired) electrons. The van der Waals surface area contributed by atoms with Crippen molar-refractivity contribution >= 4 is 22.5 Å². The van der Waals surface area contributed by atoms with E-state index in [0.717, 1.165) is 12.1 Å². The number of nitrogens with zero attached hydrogens (tertiary/aromatic N) is 1. The highest BCUT2D eigenvalue weighted by Crippen LogP contribution is 2.34. The van der Waals surface area contributed by atoms with Gasteiger partial charge in [-0.25, -0.2) is 18.2 Å². The number of aromatic nitrogens is 1. The van der Waals surface area contributed by atoms with Crippen LogP contribution in [0.5, 0.6) is 5.75 Å². The lowest BCUT2D eigenvalue weighted by molar-refractivity contribution is 0.146. The van der Waals surface area contributed by atoms with Crippen molar-refractivity contribution in [1.82, 2.24) is 4.98 Å². The van der Waals surface area contributed by atoms with Crippen molar-refractivity contribution in [2.75, 3.05) is 7.11 Å². The summed E-state index contributed by atoms with van der Waals surface area (Å²) in [6, 6.07) is 3.48. The first-order chi connectivity index (χ1) is 8.04. The predicted molar refractivity (Wildman–Crippen MR) is 58.2 cm³/mol. The van der Waals surface area contributed by atoms with E-state index in [4.69, 9.17) is 16.3 Å². The smallest absolute Gasteiger partial charge is 0.280 e. The fourth-order valence-corrected chi connectivity index (χ4v) is 1.83. The third kappa shape index (κ3) is 2.02. The number of rotatable bonds is 2. The fourth-order valence-electron chi connectivity index (χ4n) is 1.53. The van der Waals surface area contributed by atoms with Crippen molar-refractivity contribution in [1.29, 1.82) is 0 Å². The maximum absolute atomic E-state index is 13.5. The molecule has 0 atom stereocenters. The van der Waals surface area contributed by atoms with E-state index in [9.17, 15) is 13.2 Å². The molecule has 17 heavy (non-hydrogen) atoms. The number of halogens is 4. The zero-order valence-electron chi connectivity index (χ0n) is 8.68. The van der Waals surface area contributed by atoms with Crippen LogP contribution in [0.3, 0.4) is 0 Å². The Morgan fingerprint density at radius 1 is 1.35 bits per heavy atom. The lowest BCUT2D eigenvalue weighted by Crippen LogP contribution is -1.96. The Bertz CT molecular complexity index is 574. The number of hydrogen-bond donors (Lipinski definition) is 0. The molecule has 1 aromatic heterocycles. The number of ether oxygens (including phenoxy) is 1. The summed E-state index contributed by atoms with van der Waals surface area (Å²) in [4.78, 5) is 3.55. The van der Waals surface area contributed by atoms with Crippen molar-refractivity contribution in [3.05, 3.63) is 34.7 Å². The van der Waals surface area contributed by atoms with Crippen LogP contribution in [0.2, 0.25) is 5.02 Å². The van der Waals surface area contributed by atoms with Gasteiger partial charge in [0.1, 0.15) is 22.8 Å². The van der Waals surface area contributed by atoms with Gasteiger partial charge in [-0.15, -0.1) is 0 Å². The molecular formula is C11H7ClF3NO. The van der Waals surface area contributed by atoms with Crippen LogP contribution in [0.15, 0.2) is 18.2 Å². The lowest BCUT2D eigenvalue weighted by Gasteiger charge is -2.09. The molecule has 2 aromatic rings. The normalized spacial score (nSPS) is 11.2. The molecule has 90 valence electrons. The van der Waals surface area contributed by atoms with E-state index < -0.39 is 17.9 Å². The summed E-state index contributed by atoms with van der Waals surface area (Å²) >= 11 is 5.84. The topological polar surface area (TPSA) is 22.1 Å². The Morgan fingerprint density at radius 2 is 2.06 bits per heavy atom. The van der Waals surface area contributed by atoms with Crippen LogP contribution in [-0.4, -0.2) is 12.1 Å². The lowest BCUT2D eigenvalue weighted by atomic mass is 10.1. The fraction of sp³-hybridized carbons (Fsp3) is 0.182. The van der Waals surface area contributed by atoms with E-state index in [2.05, 4.69) is 4.98 Å². The van der Waals surface area contributed by atoms with Gasteiger partial charge < -0.3 is 4.74 Å². The second-order valence-corrected chi connectivity index (χ2v) is 3.71. The molecule has 2 nitrogen and oxygen atoms in total. The van der Waals surface area contributed by atoms with Crippen LogP contribution >= 0.6 is 11.6 Å². The Labute approximate surface area is 100.0 Å². The molecule has 0 fully saturated rings. The molecule has 0 spiro atoms. The van der Waals surface area contributed by atoms with Crippen LogP contribution in [0.1, 0.15) is 12.1 Å². The van der Waals surface area contributed by atoms with Gasteiger partial charge in [0.05, 0.1) is 17.5 Å². The van der Waals surface area contributed by atoms with Crippen LogP contribution < -0.4 is 4.74 Å². The monoisotopic (exact) mass is 261 g/mol. The molecule has 0 saturated carbocycles. The van der Waals surface area contributed by atoms with Crippen molar-refractivity contribution < 1.29 is 17.9 Å². The van der Waals surface area contributed by atoms with Crippen LogP contribution in [0.4, 0.5) is 13.2 Å². The third-order valence-electron chi connectivity index (χ3n) is 2.29. The maximum Gasteiger partial charge on any atom is 0.280 e. The summed E-state index contributed by atoms with van der Waals surface area (Å²) in [6.45, 7) is 0. The third-order valence-corrected chi connectivity index (χ3v) is 2.59. The molecule has 0 aliphatic carbocycles. The summed E-state index contributed by atoms with van der Waals surface area (Å²) in [7, 11) is 1.38. The molecule has 0 aliphatic rings. The minimum absolute atomic E-state index is 0.0124. The van der Waals surface area contributed by atoms with Gasteiger partial charge in [0.15, 0.2) is 0 Å². The molecule has 0 aliphatic heterocycles. The standard InChI is InChI=1S/C11H7ClF3NO/c1-17-8-3-2-6(13)10-9(8)5(12)4-7(16-10)11(14)15/h2-4,11H,1H3. The van der Waals surface area contributed by atoms with Crippen molar-refractivity contribution in [2.24, 2.45) is 0 Å². The molecule has 6 heteroatoms. The first kappa shape index (κ1) is 12.0. The van der Waals surface area contributed by atoms with Crippen molar-refractivity contribution in [3.8, 4) is 5.75 Å². The zero-order chi connectivity index (χ0) is 12.6. The SMILES string of the molecule is COc1ccc(F)c2nc(C(F)F)cc(Cl)c12. The highest BCUT2D eigenvalue weighted by atomic mass is 35.5. The van der Waals surface area contributed by atoms with Gasteiger partial charge in [0, 0.05) is 0 Å². The quantitative estimate of drug-likeness (QED) is 0.816. The van der Waals surface area contributed by atoms with Gasteiger partial charge in [-0.2, -0.15) is 0 Å². The number of hydrogen-bond acceptors (Lipinski definition) is 2. The summed E-state index contributed by atoms with van der Waals surface area (Å²) in [5.74, 6) is -0.426. The van der Waals surface area contributed by atoms with Gasteiger partial charge in [0.2, 0.25) is 0 Å². The Kier molecular flexibility index (Phi) is 3.11. The second-order valence-electron chi connectivity index (χ2n) is 3.30. The number of pyridine rings is 1. The van der Waals surface area contributed by atoms with Crippen LogP contribution in [0, 0.1) is 5.82 Å². The Morgan fingerprint density at radius 3 is 2.65 bits per heavy atom. The van der Waals surface area contributed by atoms with E-state index in [-0.39, 0.29) is 15.9 Å². The van der Waals surface area contributed by atoms with Crippen LogP contribution in [-0.2, 0) is 0 Å². The Hall–Kier alpha value is -1.49. The van der Waals surface area contributed by atoms with Gasteiger partial charge in [-0.1, -0.05) is 11.6 Å². The maximum atomic E-state index is 13.5. The van der Waals surface area contributed by atoms with Crippen LogP contribution in [0.25, 0.3) is 10.9 Å². The van der Waals surface area contributed by atoms with Gasteiger partial charge >= 0.3 is 0 Å². The van der Waals surface area contributed by atoms with E-state index >= 15 is 0 Å². The average molecular weight is 262 g/mol. The highest BCUT2D eigenvalue weighted by Gasteiger charge is 2.17.